The minimum absolute atomic E-state index is 0.0400. The number of anilines is 1. The van der Waals surface area contributed by atoms with Crippen LogP contribution in [0.2, 0.25) is 0 Å². The largest absolute Gasteiger partial charge is 0.326 e. The molecule has 1 amide bonds. The third kappa shape index (κ3) is 5.80. The van der Waals surface area contributed by atoms with E-state index in [1.165, 1.54) is 0 Å². The van der Waals surface area contributed by atoms with Crippen molar-refractivity contribution in [1.29, 1.82) is 0 Å². The molecule has 1 aromatic carbocycles. The first-order valence-electron chi connectivity index (χ1n) is 8.82. The van der Waals surface area contributed by atoms with Gasteiger partial charge in [0.25, 0.3) is 10.2 Å². The van der Waals surface area contributed by atoms with Gasteiger partial charge in [-0.15, -0.1) is 0 Å². The lowest BCUT2D eigenvalue weighted by molar-refractivity contribution is -0.118. The number of hydrogen-bond acceptors (Lipinski definition) is 3. The van der Waals surface area contributed by atoms with E-state index in [0.29, 0.717) is 30.6 Å². The summed E-state index contributed by atoms with van der Waals surface area (Å²) in [4.78, 5) is 11.7. The molecule has 2 atom stereocenters. The van der Waals surface area contributed by atoms with Gasteiger partial charge in [0.05, 0.1) is 0 Å². The van der Waals surface area contributed by atoms with Crippen molar-refractivity contribution in [2.75, 3.05) is 18.4 Å². The Morgan fingerprint density at radius 2 is 1.72 bits per heavy atom. The second-order valence-corrected chi connectivity index (χ2v) is 9.19. The molecular weight excluding hydrogens is 338 g/mol. The molecule has 1 aliphatic rings. The summed E-state index contributed by atoms with van der Waals surface area (Å²) < 4.78 is 29.2. The van der Waals surface area contributed by atoms with Crippen LogP contribution in [0.5, 0.6) is 0 Å². The Hall–Kier alpha value is -1.44. The molecule has 0 bridgehead atoms. The topological polar surface area (TPSA) is 78.5 Å². The van der Waals surface area contributed by atoms with Crippen LogP contribution in [0.3, 0.4) is 0 Å². The van der Waals surface area contributed by atoms with Gasteiger partial charge < -0.3 is 5.32 Å². The average molecular weight is 368 g/mol. The summed E-state index contributed by atoms with van der Waals surface area (Å²) in [6.07, 6.45) is 1.07. The number of rotatable bonds is 6. The molecule has 0 saturated carbocycles. The fourth-order valence-corrected chi connectivity index (χ4v) is 4.49. The van der Waals surface area contributed by atoms with Crippen molar-refractivity contribution in [1.82, 2.24) is 9.03 Å². The van der Waals surface area contributed by atoms with Crippen LogP contribution in [0.4, 0.5) is 5.69 Å². The van der Waals surface area contributed by atoms with Crippen LogP contribution in [-0.4, -0.2) is 31.7 Å². The molecule has 140 valence electrons. The third-order valence-corrected chi connectivity index (χ3v) is 5.87. The van der Waals surface area contributed by atoms with Crippen LogP contribution in [0.1, 0.15) is 39.7 Å². The summed E-state index contributed by atoms with van der Waals surface area (Å²) in [5.74, 6) is 0.635. The van der Waals surface area contributed by atoms with Crippen LogP contribution >= 0.6 is 0 Å². The third-order valence-electron chi connectivity index (χ3n) is 4.38. The molecule has 0 aliphatic carbocycles. The minimum Gasteiger partial charge on any atom is -0.326 e. The molecule has 0 spiro atoms. The van der Waals surface area contributed by atoms with Gasteiger partial charge in [-0.3, -0.25) is 4.79 Å². The number of nitrogens with zero attached hydrogens (tertiary/aromatic N) is 1. The molecule has 6 nitrogen and oxygen atoms in total. The molecule has 25 heavy (non-hydrogen) atoms. The summed E-state index contributed by atoms with van der Waals surface area (Å²) in [7, 11) is -3.47. The van der Waals surface area contributed by atoms with Gasteiger partial charge in [0.15, 0.2) is 0 Å². The Morgan fingerprint density at radius 3 is 2.24 bits per heavy atom. The first-order valence-corrected chi connectivity index (χ1v) is 10.3. The van der Waals surface area contributed by atoms with Gasteiger partial charge in [-0.2, -0.15) is 17.4 Å². The lowest BCUT2D eigenvalue weighted by atomic mass is 9.94. The molecule has 2 rings (SSSR count). The molecule has 0 radical (unpaired) electrons. The molecule has 1 aliphatic heterocycles. The molecule has 0 aromatic heterocycles. The second kappa shape index (κ2) is 8.29. The average Bonchev–Trinajstić information content (AvgIpc) is 2.53. The fraction of sp³-hybridized carbons (Fsp3) is 0.611. The normalized spacial score (nSPS) is 22.1. The van der Waals surface area contributed by atoms with E-state index in [-0.39, 0.29) is 18.4 Å². The quantitative estimate of drug-likeness (QED) is 0.811. The zero-order valence-electron chi connectivity index (χ0n) is 15.5. The van der Waals surface area contributed by atoms with Crippen molar-refractivity contribution in [3.8, 4) is 0 Å². The highest BCUT2D eigenvalue weighted by atomic mass is 32.2. The fourth-order valence-electron chi connectivity index (χ4n) is 3.06. The number of hydrogen-bond donors (Lipinski definition) is 2. The number of piperidine rings is 1. The lowest BCUT2D eigenvalue weighted by Crippen LogP contribution is -2.47. The highest BCUT2D eigenvalue weighted by molar-refractivity contribution is 7.87. The molecule has 2 N–H and O–H groups in total. The minimum atomic E-state index is -3.47. The van der Waals surface area contributed by atoms with E-state index in [9.17, 15) is 13.2 Å². The maximum absolute atomic E-state index is 12.5. The van der Waals surface area contributed by atoms with Crippen molar-refractivity contribution < 1.29 is 13.2 Å². The molecular formula is C18H29N3O3S. The molecule has 1 aromatic rings. The maximum Gasteiger partial charge on any atom is 0.279 e. The molecule has 1 fully saturated rings. The van der Waals surface area contributed by atoms with E-state index in [1.54, 1.807) is 16.4 Å². The van der Waals surface area contributed by atoms with E-state index in [4.69, 9.17) is 0 Å². The monoisotopic (exact) mass is 367 g/mol. The predicted molar refractivity (Wildman–Crippen MR) is 100 cm³/mol. The number of benzene rings is 1. The van der Waals surface area contributed by atoms with Crippen LogP contribution in [0.15, 0.2) is 24.3 Å². The van der Waals surface area contributed by atoms with Crippen molar-refractivity contribution in [2.45, 2.75) is 40.7 Å². The molecule has 2 unspecified atom stereocenters. The van der Waals surface area contributed by atoms with E-state index < -0.39 is 10.2 Å². The first kappa shape index (κ1) is 19.9. The Kier molecular flexibility index (Phi) is 6.59. The van der Waals surface area contributed by atoms with Crippen molar-refractivity contribution in [3.63, 3.8) is 0 Å². The van der Waals surface area contributed by atoms with Crippen LogP contribution in [0, 0.1) is 17.8 Å². The van der Waals surface area contributed by atoms with Gasteiger partial charge in [-0.25, -0.2) is 0 Å². The molecule has 1 heterocycles. The van der Waals surface area contributed by atoms with E-state index >= 15 is 0 Å². The van der Waals surface area contributed by atoms with E-state index in [1.807, 2.05) is 26.0 Å². The van der Waals surface area contributed by atoms with Crippen molar-refractivity contribution in [3.05, 3.63) is 29.8 Å². The van der Waals surface area contributed by atoms with Crippen molar-refractivity contribution >= 4 is 21.8 Å². The highest BCUT2D eigenvalue weighted by Crippen LogP contribution is 2.22. The smallest absolute Gasteiger partial charge is 0.279 e. The predicted octanol–water partition coefficient (Wildman–Crippen LogP) is 2.59. The van der Waals surface area contributed by atoms with Crippen molar-refractivity contribution in [2.24, 2.45) is 17.8 Å². The highest BCUT2D eigenvalue weighted by Gasteiger charge is 2.30. The molecule has 7 heteroatoms. The first-order chi connectivity index (χ1) is 11.7. The van der Waals surface area contributed by atoms with Gasteiger partial charge in [-0.1, -0.05) is 39.8 Å². The Labute approximate surface area is 151 Å². The number of carbonyl (C=O) groups is 1. The standard InChI is InChI=1S/C18H29N3O3S/c1-13(2)18(22)20-17-7-5-16(6-8-17)10-19-25(23,24)21-11-14(3)9-15(4)12-21/h5-8,13-15,19H,9-12H2,1-4H3,(H,20,22). The maximum atomic E-state index is 12.5. The summed E-state index contributed by atoms with van der Waals surface area (Å²) in [5.41, 5.74) is 1.56. The Balaban J connectivity index is 1.93. The lowest BCUT2D eigenvalue weighted by Gasteiger charge is -2.33. The summed E-state index contributed by atoms with van der Waals surface area (Å²) >= 11 is 0. The Bertz CT molecular complexity index is 676. The van der Waals surface area contributed by atoms with Crippen LogP contribution in [0.25, 0.3) is 0 Å². The van der Waals surface area contributed by atoms with E-state index in [0.717, 1.165) is 12.0 Å². The van der Waals surface area contributed by atoms with Gasteiger partial charge in [0, 0.05) is 31.2 Å². The van der Waals surface area contributed by atoms with Crippen LogP contribution < -0.4 is 10.0 Å². The SMILES string of the molecule is CC1CC(C)CN(S(=O)(=O)NCc2ccc(NC(=O)C(C)C)cc2)C1. The number of carbonyl (C=O) groups excluding carboxylic acids is 1. The summed E-state index contributed by atoms with van der Waals surface area (Å²) in [5, 5.41) is 2.82. The number of amides is 1. The van der Waals surface area contributed by atoms with Gasteiger partial charge in [0.2, 0.25) is 5.91 Å². The second-order valence-electron chi connectivity index (χ2n) is 7.43. The molecule has 1 saturated heterocycles. The van der Waals surface area contributed by atoms with Crippen LogP contribution in [-0.2, 0) is 21.5 Å². The zero-order chi connectivity index (χ0) is 18.6. The summed E-state index contributed by atoms with van der Waals surface area (Å²) in [6.45, 7) is 9.21. The van der Waals surface area contributed by atoms with Gasteiger partial charge in [-0.05, 0) is 36.0 Å². The van der Waals surface area contributed by atoms with E-state index in [2.05, 4.69) is 23.9 Å². The zero-order valence-corrected chi connectivity index (χ0v) is 16.3. The summed E-state index contributed by atoms with van der Waals surface area (Å²) in [6, 6.07) is 7.21. The Morgan fingerprint density at radius 1 is 1.16 bits per heavy atom. The number of nitrogens with one attached hydrogen (secondary N) is 2. The van der Waals surface area contributed by atoms with Gasteiger partial charge in [0.1, 0.15) is 0 Å². The van der Waals surface area contributed by atoms with Gasteiger partial charge >= 0.3 is 0 Å².